The maximum atomic E-state index is 13.1. The van der Waals surface area contributed by atoms with Crippen molar-refractivity contribution in [1.82, 2.24) is 25.5 Å². The summed E-state index contributed by atoms with van der Waals surface area (Å²) in [5, 5.41) is 14.0. The Morgan fingerprint density at radius 3 is 2.26 bits per heavy atom. The van der Waals surface area contributed by atoms with Crippen LogP contribution in [0.1, 0.15) is 61.2 Å². The first-order valence-corrected chi connectivity index (χ1v) is 9.65. The number of likely N-dealkylation sites (N-methyl/N-ethyl adjacent to an activating group) is 1. The van der Waals surface area contributed by atoms with Crippen molar-refractivity contribution in [3.05, 3.63) is 40.7 Å². The van der Waals surface area contributed by atoms with E-state index in [9.17, 15) is 26.3 Å². The molecule has 2 aromatic rings. The van der Waals surface area contributed by atoms with Gasteiger partial charge in [0.2, 0.25) is 0 Å². The van der Waals surface area contributed by atoms with Crippen LogP contribution < -0.4 is 0 Å². The number of tetrazole rings is 1. The molecular weight excluding hydrogens is 428 g/mol. The zero-order valence-corrected chi connectivity index (χ0v) is 17.2. The summed E-state index contributed by atoms with van der Waals surface area (Å²) < 4.78 is 84.4. The number of H-pyrrole nitrogens is 1. The van der Waals surface area contributed by atoms with E-state index in [4.69, 9.17) is 4.74 Å². The maximum absolute atomic E-state index is 13.1. The van der Waals surface area contributed by atoms with Crippen LogP contribution in [0.2, 0.25) is 0 Å². The SMILES string of the molecule is CC(OCC1(C)CCC(c2nn[nH]n2)CN1C)c1cc(C(F)(F)F)cc(C(F)(F)F)c1. The number of hydrogen-bond acceptors (Lipinski definition) is 5. The lowest BCUT2D eigenvalue weighted by molar-refractivity contribution is -0.143. The molecule has 1 N–H and O–H groups in total. The van der Waals surface area contributed by atoms with Gasteiger partial charge < -0.3 is 4.74 Å². The summed E-state index contributed by atoms with van der Waals surface area (Å²) in [5.74, 6) is 0.680. The summed E-state index contributed by atoms with van der Waals surface area (Å²) in [6, 6.07) is 1.53. The summed E-state index contributed by atoms with van der Waals surface area (Å²) >= 11 is 0. The number of halogens is 6. The summed E-state index contributed by atoms with van der Waals surface area (Å²) in [5.41, 5.74) is -3.31. The Hall–Kier alpha value is -2.21. The summed E-state index contributed by atoms with van der Waals surface area (Å²) in [7, 11) is 1.88. The average Bonchev–Trinajstić information content (AvgIpc) is 3.21. The fourth-order valence-electron chi connectivity index (χ4n) is 3.67. The number of piperidine rings is 1. The third kappa shape index (κ3) is 5.35. The molecule has 1 aromatic heterocycles. The predicted molar refractivity (Wildman–Crippen MR) is 98.0 cm³/mol. The molecule has 1 aliphatic heterocycles. The van der Waals surface area contributed by atoms with E-state index in [0.717, 1.165) is 6.42 Å². The van der Waals surface area contributed by atoms with Crippen molar-refractivity contribution in [2.24, 2.45) is 0 Å². The highest BCUT2D eigenvalue weighted by molar-refractivity contribution is 5.34. The number of ether oxygens (including phenoxy) is 1. The third-order valence-electron chi connectivity index (χ3n) is 5.90. The van der Waals surface area contributed by atoms with Crippen molar-refractivity contribution >= 4 is 0 Å². The number of hydrogen-bond donors (Lipinski definition) is 1. The molecule has 0 radical (unpaired) electrons. The van der Waals surface area contributed by atoms with Gasteiger partial charge in [0.15, 0.2) is 5.82 Å². The molecular formula is C19H23F6N5O. The molecule has 1 aliphatic rings. The zero-order valence-electron chi connectivity index (χ0n) is 17.2. The van der Waals surface area contributed by atoms with Crippen molar-refractivity contribution < 1.29 is 31.1 Å². The summed E-state index contributed by atoms with van der Waals surface area (Å²) in [4.78, 5) is 2.04. The molecule has 1 fully saturated rings. The first kappa shape index (κ1) is 23.5. The number of aromatic amines is 1. The third-order valence-corrected chi connectivity index (χ3v) is 5.90. The molecule has 0 saturated carbocycles. The van der Waals surface area contributed by atoms with E-state index >= 15 is 0 Å². The van der Waals surface area contributed by atoms with Crippen LogP contribution in [0.3, 0.4) is 0 Å². The minimum atomic E-state index is -4.89. The highest BCUT2D eigenvalue weighted by Crippen LogP contribution is 2.39. The predicted octanol–water partition coefficient (Wildman–Crippen LogP) is 4.58. The van der Waals surface area contributed by atoms with Gasteiger partial charge in [-0.1, -0.05) is 5.21 Å². The number of nitrogens with zero attached hydrogens (tertiary/aromatic N) is 4. The van der Waals surface area contributed by atoms with Crippen molar-refractivity contribution in [2.75, 3.05) is 20.2 Å². The van der Waals surface area contributed by atoms with Gasteiger partial charge in [0, 0.05) is 18.0 Å². The van der Waals surface area contributed by atoms with Gasteiger partial charge in [-0.05, 0) is 57.5 Å². The lowest BCUT2D eigenvalue weighted by atomic mass is 9.84. The van der Waals surface area contributed by atoms with E-state index in [0.29, 0.717) is 30.9 Å². The van der Waals surface area contributed by atoms with Crippen molar-refractivity contribution in [3.8, 4) is 0 Å². The maximum Gasteiger partial charge on any atom is 0.416 e. The van der Waals surface area contributed by atoms with Gasteiger partial charge in [0.25, 0.3) is 0 Å². The molecule has 3 rings (SSSR count). The molecule has 1 saturated heterocycles. The van der Waals surface area contributed by atoms with Gasteiger partial charge >= 0.3 is 12.4 Å². The Balaban J connectivity index is 1.72. The van der Waals surface area contributed by atoms with Crippen molar-refractivity contribution in [1.29, 1.82) is 0 Å². The van der Waals surface area contributed by atoms with Crippen LogP contribution in [0, 0.1) is 0 Å². The number of aromatic nitrogens is 4. The highest BCUT2D eigenvalue weighted by Gasteiger charge is 2.39. The normalized spacial score (nSPS) is 24.4. The smallest absolute Gasteiger partial charge is 0.372 e. The minimum Gasteiger partial charge on any atom is -0.372 e. The molecule has 12 heteroatoms. The monoisotopic (exact) mass is 451 g/mol. The molecule has 31 heavy (non-hydrogen) atoms. The second-order valence-electron chi connectivity index (χ2n) is 8.18. The number of alkyl halides is 6. The van der Waals surface area contributed by atoms with E-state index in [1.54, 1.807) is 0 Å². The van der Waals surface area contributed by atoms with Crippen LogP contribution in [0.5, 0.6) is 0 Å². The number of nitrogens with one attached hydrogen (secondary N) is 1. The Morgan fingerprint density at radius 2 is 1.77 bits per heavy atom. The van der Waals surface area contributed by atoms with Crippen LogP contribution in [0.15, 0.2) is 18.2 Å². The summed E-state index contributed by atoms with van der Waals surface area (Å²) in [6.07, 6.45) is -9.31. The van der Waals surface area contributed by atoms with Crippen molar-refractivity contribution in [2.45, 2.75) is 56.6 Å². The standard InChI is InChI=1S/C19H23F6N5O/c1-11(13-6-14(18(20,21)22)8-15(7-13)19(23,24)25)31-10-17(2)5-4-12(9-30(17)3)16-26-28-29-27-16/h6-8,11-12H,4-5,9-10H2,1-3H3,(H,26,27,28,29). The number of likely N-dealkylation sites (tertiary alicyclic amines) is 1. The van der Waals surface area contributed by atoms with Crippen LogP contribution in [-0.2, 0) is 17.1 Å². The van der Waals surface area contributed by atoms with Gasteiger partial charge in [0.05, 0.1) is 23.8 Å². The average molecular weight is 451 g/mol. The number of rotatable bonds is 5. The largest absolute Gasteiger partial charge is 0.416 e. The van der Waals surface area contributed by atoms with Gasteiger partial charge in [-0.3, -0.25) is 4.90 Å². The molecule has 2 heterocycles. The molecule has 3 unspecified atom stereocenters. The first-order valence-electron chi connectivity index (χ1n) is 9.65. The Labute approximate surface area is 175 Å². The Kier molecular flexibility index (Phi) is 6.34. The van der Waals surface area contributed by atoms with E-state index < -0.39 is 35.1 Å². The second-order valence-corrected chi connectivity index (χ2v) is 8.18. The van der Waals surface area contributed by atoms with Gasteiger partial charge in [-0.15, -0.1) is 10.2 Å². The van der Waals surface area contributed by atoms with Crippen LogP contribution in [0.4, 0.5) is 26.3 Å². The number of benzene rings is 1. The van der Waals surface area contributed by atoms with Crippen LogP contribution in [0.25, 0.3) is 0 Å². The van der Waals surface area contributed by atoms with Gasteiger partial charge in [-0.25, -0.2) is 0 Å². The molecule has 0 aliphatic carbocycles. The van der Waals surface area contributed by atoms with Crippen LogP contribution >= 0.6 is 0 Å². The van der Waals surface area contributed by atoms with E-state index in [-0.39, 0.29) is 24.2 Å². The molecule has 172 valence electrons. The molecule has 3 atom stereocenters. The quantitative estimate of drug-likeness (QED) is 0.674. The molecule has 0 bridgehead atoms. The lowest BCUT2D eigenvalue weighted by Gasteiger charge is -2.45. The summed E-state index contributed by atoms with van der Waals surface area (Å²) in [6.45, 7) is 4.15. The topological polar surface area (TPSA) is 66.9 Å². The van der Waals surface area contributed by atoms with Crippen molar-refractivity contribution in [3.63, 3.8) is 0 Å². The molecule has 1 aromatic carbocycles. The fraction of sp³-hybridized carbons (Fsp3) is 0.632. The van der Waals surface area contributed by atoms with Crippen LogP contribution in [-0.4, -0.2) is 51.3 Å². The first-order chi connectivity index (χ1) is 14.3. The van der Waals surface area contributed by atoms with E-state index in [1.807, 2.05) is 18.9 Å². The minimum absolute atomic E-state index is 0.0760. The zero-order chi connectivity index (χ0) is 23.0. The van der Waals surface area contributed by atoms with Gasteiger partial charge in [0.1, 0.15) is 0 Å². The fourth-order valence-corrected chi connectivity index (χ4v) is 3.67. The van der Waals surface area contributed by atoms with E-state index in [2.05, 4.69) is 20.6 Å². The lowest BCUT2D eigenvalue weighted by Crippen LogP contribution is -2.52. The highest BCUT2D eigenvalue weighted by atomic mass is 19.4. The Bertz CT molecular complexity index is 853. The van der Waals surface area contributed by atoms with E-state index in [1.165, 1.54) is 6.92 Å². The molecule has 0 amide bonds. The molecule has 6 nitrogen and oxygen atoms in total. The molecule has 0 spiro atoms. The van der Waals surface area contributed by atoms with Gasteiger partial charge in [-0.2, -0.15) is 31.6 Å². The second kappa shape index (κ2) is 8.38. The Morgan fingerprint density at radius 1 is 1.16 bits per heavy atom.